The van der Waals surface area contributed by atoms with Crippen LogP contribution < -0.4 is 0 Å². The Morgan fingerprint density at radius 2 is 0.911 bits per heavy atom. The van der Waals surface area contributed by atoms with Gasteiger partial charge in [0.15, 0.2) is 0 Å². The van der Waals surface area contributed by atoms with Gasteiger partial charge in [-0.1, -0.05) is 166 Å². The molecular formula is C55H36O. The molecule has 0 radical (unpaired) electrons. The zero-order valence-corrected chi connectivity index (χ0v) is 31.2. The normalized spacial score (nSPS) is 13.3. The van der Waals surface area contributed by atoms with Crippen LogP contribution >= 0.6 is 0 Å². The van der Waals surface area contributed by atoms with E-state index in [0.717, 1.165) is 16.6 Å². The molecule has 0 bridgehead atoms. The number of hydrogen-bond acceptors (Lipinski definition) is 1. The first-order valence-electron chi connectivity index (χ1n) is 19.6. The van der Waals surface area contributed by atoms with Gasteiger partial charge in [-0.2, -0.15) is 0 Å². The molecule has 1 heterocycles. The van der Waals surface area contributed by atoms with Crippen molar-refractivity contribution in [2.24, 2.45) is 0 Å². The molecule has 0 saturated carbocycles. The molecule has 0 spiro atoms. The number of fused-ring (bicyclic) bond motifs is 12. The summed E-state index contributed by atoms with van der Waals surface area (Å²) < 4.78 is 6.61. The fourth-order valence-corrected chi connectivity index (χ4v) is 9.94. The van der Waals surface area contributed by atoms with Crippen molar-refractivity contribution in [2.75, 3.05) is 0 Å². The average molecular weight is 713 g/mol. The zero-order valence-electron chi connectivity index (χ0n) is 31.2. The van der Waals surface area contributed by atoms with Crippen LogP contribution in [0.3, 0.4) is 0 Å². The molecule has 0 saturated heterocycles. The molecule has 56 heavy (non-hydrogen) atoms. The Hall–Kier alpha value is -6.96. The van der Waals surface area contributed by atoms with E-state index in [1.54, 1.807) is 0 Å². The van der Waals surface area contributed by atoms with Gasteiger partial charge in [0.25, 0.3) is 0 Å². The standard InChI is InChI=1S/C55H36O/c1-55(2)47-28-29-49-53(46-27-24-33-12-6-7-15-40(33)54(46)56-49)52(47)45-26-25-38(32-48(45)55)36-20-21-37-31-39(23-22-35(37)30-36)51-43-18-10-8-16-41(43)50(34-13-4-3-5-14-34)42-17-9-11-19-44(42)51/h3-32H,1-2H3. The first-order chi connectivity index (χ1) is 27.5. The summed E-state index contributed by atoms with van der Waals surface area (Å²) in [4.78, 5) is 0. The summed E-state index contributed by atoms with van der Waals surface area (Å²) in [5.41, 5.74) is 14.6. The van der Waals surface area contributed by atoms with Crippen molar-refractivity contribution in [1.29, 1.82) is 0 Å². The van der Waals surface area contributed by atoms with Crippen molar-refractivity contribution < 1.29 is 4.42 Å². The fraction of sp³-hybridized carbons (Fsp3) is 0.0545. The minimum atomic E-state index is -0.150. The van der Waals surface area contributed by atoms with Crippen LogP contribution in [0.4, 0.5) is 0 Å². The quantitative estimate of drug-likeness (QED) is 0.166. The Labute approximate surface area is 325 Å². The predicted molar refractivity (Wildman–Crippen MR) is 238 cm³/mol. The summed E-state index contributed by atoms with van der Waals surface area (Å²) in [7, 11) is 0. The third-order valence-electron chi connectivity index (χ3n) is 12.6. The molecule has 0 amide bonds. The second-order valence-electron chi connectivity index (χ2n) is 16.0. The van der Waals surface area contributed by atoms with Gasteiger partial charge in [-0.15, -0.1) is 0 Å². The van der Waals surface area contributed by atoms with Gasteiger partial charge < -0.3 is 4.42 Å². The van der Waals surface area contributed by atoms with E-state index in [9.17, 15) is 0 Å². The molecule has 0 N–H and O–H groups in total. The van der Waals surface area contributed by atoms with Crippen molar-refractivity contribution in [3.63, 3.8) is 0 Å². The summed E-state index contributed by atoms with van der Waals surface area (Å²) in [6, 6.07) is 67.1. The maximum atomic E-state index is 6.61. The highest BCUT2D eigenvalue weighted by Gasteiger charge is 2.37. The summed E-state index contributed by atoms with van der Waals surface area (Å²) in [6.07, 6.45) is 0. The van der Waals surface area contributed by atoms with Gasteiger partial charge in [0, 0.05) is 21.6 Å². The van der Waals surface area contributed by atoms with Crippen molar-refractivity contribution in [3.8, 4) is 44.5 Å². The third kappa shape index (κ3) is 4.37. The van der Waals surface area contributed by atoms with E-state index in [1.807, 2.05) is 0 Å². The lowest BCUT2D eigenvalue weighted by atomic mass is 9.81. The van der Waals surface area contributed by atoms with Gasteiger partial charge >= 0.3 is 0 Å². The van der Waals surface area contributed by atoms with E-state index in [0.29, 0.717) is 0 Å². The van der Waals surface area contributed by atoms with Crippen LogP contribution in [0.2, 0.25) is 0 Å². The minimum absolute atomic E-state index is 0.150. The summed E-state index contributed by atoms with van der Waals surface area (Å²) >= 11 is 0. The molecule has 1 aliphatic rings. The van der Waals surface area contributed by atoms with Crippen molar-refractivity contribution in [1.82, 2.24) is 0 Å². The molecule has 12 rings (SSSR count). The number of benzene rings is 10. The molecule has 11 aromatic rings. The first-order valence-corrected chi connectivity index (χ1v) is 19.6. The average Bonchev–Trinajstić information content (AvgIpc) is 3.74. The summed E-state index contributed by atoms with van der Waals surface area (Å²) in [6.45, 7) is 4.74. The Morgan fingerprint density at radius 1 is 0.357 bits per heavy atom. The molecule has 10 aromatic carbocycles. The maximum absolute atomic E-state index is 6.61. The van der Waals surface area contributed by atoms with Crippen LogP contribution in [0.15, 0.2) is 186 Å². The minimum Gasteiger partial charge on any atom is -0.455 e. The Kier molecular flexibility index (Phi) is 6.46. The van der Waals surface area contributed by atoms with Gasteiger partial charge in [0.1, 0.15) is 11.2 Å². The van der Waals surface area contributed by atoms with Crippen molar-refractivity contribution in [3.05, 3.63) is 193 Å². The number of furan rings is 1. The van der Waals surface area contributed by atoms with Crippen LogP contribution in [-0.4, -0.2) is 0 Å². The van der Waals surface area contributed by atoms with E-state index in [2.05, 4.69) is 196 Å². The second-order valence-corrected chi connectivity index (χ2v) is 16.0. The van der Waals surface area contributed by atoms with Crippen LogP contribution in [0.5, 0.6) is 0 Å². The molecule has 1 aromatic heterocycles. The Bertz CT molecular complexity index is 3380. The number of rotatable bonds is 3. The molecule has 0 unspecified atom stereocenters. The van der Waals surface area contributed by atoms with Crippen LogP contribution in [-0.2, 0) is 5.41 Å². The molecule has 0 fully saturated rings. The van der Waals surface area contributed by atoms with E-state index < -0.39 is 0 Å². The lowest BCUT2D eigenvalue weighted by Crippen LogP contribution is -2.14. The van der Waals surface area contributed by atoms with E-state index >= 15 is 0 Å². The summed E-state index contributed by atoms with van der Waals surface area (Å²) in [5.74, 6) is 0. The molecular weight excluding hydrogens is 677 g/mol. The van der Waals surface area contributed by atoms with E-state index in [-0.39, 0.29) is 5.41 Å². The molecule has 1 aliphatic carbocycles. The Morgan fingerprint density at radius 3 is 1.62 bits per heavy atom. The zero-order chi connectivity index (χ0) is 37.1. The third-order valence-corrected chi connectivity index (χ3v) is 12.6. The monoisotopic (exact) mass is 712 g/mol. The molecule has 1 nitrogen and oxygen atoms in total. The smallest absolute Gasteiger partial charge is 0.143 e. The largest absolute Gasteiger partial charge is 0.455 e. The molecule has 1 heteroatoms. The maximum Gasteiger partial charge on any atom is 0.143 e. The number of hydrogen-bond donors (Lipinski definition) is 0. The van der Waals surface area contributed by atoms with Crippen molar-refractivity contribution in [2.45, 2.75) is 19.3 Å². The van der Waals surface area contributed by atoms with Gasteiger partial charge in [-0.3, -0.25) is 0 Å². The first kappa shape index (κ1) is 31.4. The highest BCUT2D eigenvalue weighted by atomic mass is 16.3. The molecule has 0 aliphatic heterocycles. The van der Waals surface area contributed by atoms with Crippen LogP contribution in [0, 0.1) is 0 Å². The predicted octanol–water partition coefficient (Wildman–Crippen LogP) is 15.5. The lowest BCUT2D eigenvalue weighted by molar-refractivity contribution is 0.657. The fourth-order valence-electron chi connectivity index (χ4n) is 9.94. The van der Waals surface area contributed by atoms with Gasteiger partial charge in [0.05, 0.1) is 0 Å². The van der Waals surface area contributed by atoms with E-state index in [4.69, 9.17) is 4.42 Å². The second kappa shape index (κ2) is 11.5. The molecule has 0 atom stereocenters. The highest BCUT2D eigenvalue weighted by Crippen LogP contribution is 2.54. The summed E-state index contributed by atoms with van der Waals surface area (Å²) in [5, 5.41) is 12.4. The van der Waals surface area contributed by atoms with Gasteiger partial charge in [0.2, 0.25) is 0 Å². The molecule has 262 valence electrons. The SMILES string of the molecule is CC1(C)c2cc(-c3ccc4cc(-c5c6ccccc6c(-c6ccccc6)c6ccccc56)ccc4c3)ccc2-c2c1ccc1oc3c4ccccc4ccc3c21. The van der Waals surface area contributed by atoms with Crippen LogP contribution in [0.1, 0.15) is 25.0 Å². The van der Waals surface area contributed by atoms with Crippen LogP contribution in [0.25, 0.3) is 110 Å². The van der Waals surface area contributed by atoms with Gasteiger partial charge in [-0.25, -0.2) is 0 Å². The van der Waals surface area contributed by atoms with E-state index in [1.165, 1.54) is 104 Å². The highest BCUT2D eigenvalue weighted by molar-refractivity contribution is 6.22. The topological polar surface area (TPSA) is 13.1 Å². The van der Waals surface area contributed by atoms with Crippen molar-refractivity contribution >= 4 is 65.0 Å². The van der Waals surface area contributed by atoms with Gasteiger partial charge in [-0.05, 0) is 124 Å². The lowest BCUT2D eigenvalue weighted by Gasteiger charge is -2.22. The Balaban J connectivity index is 0.978.